The maximum Gasteiger partial charge on any atom is 0.305 e. The highest BCUT2D eigenvalue weighted by Crippen LogP contribution is 2.26. The molecule has 0 aromatic heterocycles. The molecule has 0 radical (unpaired) electrons. The van der Waals surface area contributed by atoms with Gasteiger partial charge in [0.15, 0.2) is 0 Å². The maximum absolute atomic E-state index is 11.2. The van der Waals surface area contributed by atoms with E-state index in [-0.39, 0.29) is 5.97 Å². The van der Waals surface area contributed by atoms with Crippen LogP contribution in [0.3, 0.4) is 0 Å². The summed E-state index contributed by atoms with van der Waals surface area (Å²) in [6, 6.07) is 8.45. The highest BCUT2D eigenvalue weighted by Gasteiger charge is 2.05. The first kappa shape index (κ1) is 18.6. The Hall–Kier alpha value is -1.77. The molecule has 1 aliphatic carbocycles. The zero-order valence-electron chi connectivity index (χ0n) is 14.9. The smallest absolute Gasteiger partial charge is 0.305 e. The number of carbonyl (C=O) groups is 1. The van der Waals surface area contributed by atoms with Crippen molar-refractivity contribution in [2.24, 2.45) is 0 Å². The van der Waals surface area contributed by atoms with Crippen molar-refractivity contribution in [3.63, 3.8) is 0 Å². The van der Waals surface area contributed by atoms with Gasteiger partial charge in [0.25, 0.3) is 0 Å². The molecular weight excluding hydrogens is 300 g/mol. The minimum atomic E-state index is -0.116. The summed E-state index contributed by atoms with van der Waals surface area (Å²) in [5.41, 5.74) is 2.81. The molecule has 1 aromatic rings. The molecule has 132 valence electrons. The normalized spacial score (nSPS) is 17.3. The molecule has 0 fully saturated rings. The standard InChI is InChI=1S/C21H30O3/c1-2-23-21(22)12-8-9-17-24-20-15-13-19(14-16-20)18-10-6-4-3-5-7-11-18/h10,13-16H,2-9,11-12,17H2,1H3/b18-10+. The summed E-state index contributed by atoms with van der Waals surface area (Å²) < 4.78 is 10.7. The van der Waals surface area contributed by atoms with Gasteiger partial charge in [0.2, 0.25) is 0 Å². The van der Waals surface area contributed by atoms with Crippen molar-refractivity contribution in [2.45, 2.75) is 64.7 Å². The van der Waals surface area contributed by atoms with Crippen LogP contribution in [0.4, 0.5) is 0 Å². The zero-order valence-corrected chi connectivity index (χ0v) is 14.9. The SMILES string of the molecule is CCOC(=O)CCCCOc1ccc(/C2=C/CCCCCC2)cc1. The number of ether oxygens (including phenoxy) is 2. The molecule has 0 N–H and O–H groups in total. The van der Waals surface area contributed by atoms with E-state index in [2.05, 4.69) is 30.3 Å². The highest BCUT2D eigenvalue weighted by molar-refractivity contribution is 5.69. The Bertz CT molecular complexity index is 516. The number of hydrogen-bond acceptors (Lipinski definition) is 3. The van der Waals surface area contributed by atoms with E-state index in [0.29, 0.717) is 19.6 Å². The second kappa shape index (κ2) is 10.9. The van der Waals surface area contributed by atoms with Gasteiger partial charge in [-0.05, 0) is 68.7 Å². The topological polar surface area (TPSA) is 35.5 Å². The molecule has 0 aliphatic heterocycles. The van der Waals surface area contributed by atoms with Gasteiger partial charge in [-0.2, -0.15) is 0 Å². The molecule has 0 saturated heterocycles. The summed E-state index contributed by atoms with van der Waals surface area (Å²) in [6.07, 6.45) is 12.3. The van der Waals surface area contributed by atoms with E-state index in [1.807, 2.05) is 6.92 Å². The lowest BCUT2D eigenvalue weighted by Crippen LogP contribution is -2.05. The Morgan fingerprint density at radius 1 is 1.04 bits per heavy atom. The predicted octanol–water partition coefficient (Wildman–Crippen LogP) is 5.54. The molecule has 0 spiro atoms. The van der Waals surface area contributed by atoms with Crippen molar-refractivity contribution >= 4 is 11.5 Å². The van der Waals surface area contributed by atoms with Crippen molar-refractivity contribution in [1.29, 1.82) is 0 Å². The highest BCUT2D eigenvalue weighted by atomic mass is 16.5. The van der Waals surface area contributed by atoms with Crippen LogP contribution in [0.25, 0.3) is 5.57 Å². The number of allylic oxidation sites excluding steroid dienone is 2. The van der Waals surface area contributed by atoms with Crippen molar-refractivity contribution in [3.05, 3.63) is 35.9 Å². The minimum Gasteiger partial charge on any atom is -0.494 e. The Kier molecular flexibility index (Phi) is 8.43. The van der Waals surface area contributed by atoms with E-state index in [1.54, 1.807) is 0 Å². The van der Waals surface area contributed by atoms with E-state index in [1.165, 1.54) is 49.7 Å². The van der Waals surface area contributed by atoms with Crippen molar-refractivity contribution < 1.29 is 14.3 Å². The number of esters is 1. The molecule has 0 atom stereocenters. The predicted molar refractivity (Wildman–Crippen MR) is 98.1 cm³/mol. The van der Waals surface area contributed by atoms with Crippen molar-refractivity contribution in [2.75, 3.05) is 13.2 Å². The first-order chi connectivity index (χ1) is 11.8. The van der Waals surface area contributed by atoms with Crippen LogP contribution < -0.4 is 4.74 Å². The third-order valence-electron chi connectivity index (χ3n) is 4.37. The van der Waals surface area contributed by atoms with Crippen LogP contribution in [0.5, 0.6) is 5.75 Å². The first-order valence-electron chi connectivity index (χ1n) is 9.37. The van der Waals surface area contributed by atoms with E-state index in [0.717, 1.165) is 18.6 Å². The van der Waals surface area contributed by atoms with Crippen LogP contribution in [0.1, 0.15) is 70.3 Å². The summed E-state index contributed by atoms with van der Waals surface area (Å²) in [5, 5.41) is 0. The van der Waals surface area contributed by atoms with Crippen LogP contribution in [0.2, 0.25) is 0 Å². The Morgan fingerprint density at radius 2 is 1.83 bits per heavy atom. The lowest BCUT2D eigenvalue weighted by molar-refractivity contribution is -0.143. The van der Waals surface area contributed by atoms with Crippen LogP contribution in [-0.4, -0.2) is 19.2 Å². The second-order valence-corrected chi connectivity index (χ2v) is 6.32. The molecule has 0 saturated carbocycles. The molecule has 0 unspecified atom stereocenters. The van der Waals surface area contributed by atoms with Gasteiger partial charge in [0, 0.05) is 6.42 Å². The van der Waals surface area contributed by atoms with Gasteiger partial charge in [0.1, 0.15) is 5.75 Å². The summed E-state index contributed by atoms with van der Waals surface area (Å²) in [5.74, 6) is 0.788. The molecule has 1 aromatic carbocycles. The molecule has 0 heterocycles. The fraction of sp³-hybridized carbons (Fsp3) is 0.571. The molecule has 0 amide bonds. The molecule has 3 heteroatoms. The Morgan fingerprint density at radius 3 is 2.62 bits per heavy atom. The largest absolute Gasteiger partial charge is 0.494 e. The fourth-order valence-electron chi connectivity index (χ4n) is 3.01. The maximum atomic E-state index is 11.2. The average Bonchev–Trinajstić information content (AvgIpc) is 2.55. The van der Waals surface area contributed by atoms with Gasteiger partial charge in [-0.3, -0.25) is 4.79 Å². The van der Waals surface area contributed by atoms with Crippen LogP contribution in [-0.2, 0) is 9.53 Å². The Labute approximate surface area is 146 Å². The van der Waals surface area contributed by atoms with Crippen LogP contribution >= 0.6 is 0 Å². The zero-order chi connectivity index (χ0) is 17.0. The van der Waals surface area contributed by atoms with Gasteiger partial charge in [-0.1, -0.05) is 31.1 Å². The van der Waals surface area contributed by atoms with E-state index < -0.39 is 0 Å². The van der Waals surface area contributed by atoms with Crippen molar-refractivity contribution in [3.8, 4) is 5.75 Å². The van der Waals surface area contributed by atoms with E-state index in [9.17, 15) is 4.79 Å². The quantitative estimate of drug-likeness (QED) is 0.464. The summed E-state index contributed by atoms with van der Waals surface area (Å²) >= 11 is 0. The van der Waals surface area contributed by atoms with Gasteiger partial charge in [0.05, 0.1) is 13.2 Å². The summed E-state index contributed by atoms with van der Waals surface area (Å²) in [4.78, 5) is 11.2. The van der Waals surface area contributed by atoms with Crippen LogP contribution in [0, 0.1) is 0 Å². The number of rotatable bonds is 8. The monoisotopic (exact) mass is 330 g/mol. The van der Waals surface area contributed by atoms with Gasteiger partial charge in [-0.25, -0.2) is 0 Å². The van der Waals surface area contributed by atoms with E-state index in [4.69, 9.17) is 9.47 Å². The van der Waals surface area contributed by atoms with Crippen LogP contribution in [0.15, 0.2) is 30.3 Å². The van der Waals surface area contributed by atoms with E-state index >= 15 is 0 Å². The lowest BCUT2D eigenvalue weighted by Gasteiger charge is -2.12. The minimum absolute atomic E-state index is 0.116. The third kappa shape index (κ3) is 6.77. The third-order valence-corrected chi connectivity index (χ3v) is 4.37. The molecular formula is C21H30O3. The molecule has 2 rings (SSSR count). The molecule has 0 bridgehead atoms. The summed E-state index contributed by atoms with van der Waals surface area (Å²) in [7, 11) is 0. The Balaban J connectivity index is 1.72. The molecule has 3 nitrogen and oxygen atoms in total. The first-order valence-corrected chi connectivity index (χ1v) is 9.37. The number of unbranched alkanes of at least 4 members (excludes halogenated alkanes) is 1. The fourth-order valence-corrected chi connectivity index (χ4v) is 3.01. The van der Waals surface area contributed by atoms with Gasteiger partial charge < -0.3 is 9.47 Å². The molecule has 1 aliphatic rings. The summed E-state index contributed by atoms with van der Waals surface area (Å²) in [6.45, 7) is 2.93. The number of benzene rings is 1. The van der Waals surface area contributed by atoms with Crippen molar-refractivity contribution in [1.82, 2.24) is 0 Å². The molecule has 24 heavy (non-hydrogen) atoms. The number of carbonyl (C=O) groups excluding carboxylic acids is 1. The lowest BCUT2D eigenvalue weighted by atomic mass is 9.95. The average molecular weight is 330 g/mol. The van der Waals surface area contributed by atoms with Gasteiger partial charge in [-0.15, -0.1) is 0 Å². The second-order valence-electron chi connectivity index (χ2n) is 6.32. The van der Waals surface area contributed by atoms with Gasteiger partial charge >= 0.3 is 5.97 Å². The number of hydrogen-bond donors (Lipinski definition) is 0.